The second-order valence-electron chi connectivity index (χ2n) is 8.91. The van der Waals surface area contributed by atoms with Crippen LogP contribution in [0.15, 0.2) is 30.4 Å². The summed E-state index contributed by atoms with van der Waals surface area (Å²) in [5.41, 5.74) is -0.0587. The Balaban J connectivity index is 2.03. The Bertz CT molecular complexity index is 710. The number of ether oxygens (including phenoxy) is 2. The molecule has 192 valence electrons. The van der Waals surface area contributed by atoms with E-state index in [0.29, 0.717) is 18.8 Å². The van der Waals surface area contributed by atoms with Crippen LogP contribution in [0, 0.1) is 0 Å². The number of aromatic carboxylic acids is 1. The van der Waals surface area contributed by atoms with Crippen molar-refractivity contribution >= 4 is 11.9 Å². The van der Waals surface area contributed by atoms with Crippen molar-refractivity contribution in [3.8, 4) is 11.5 Å². The maximum Gasteiger partial charge on any atom is 0.339 e. The van der Waals surface area contributed by atoms with Gasteiger partial charge in [0.1, 0.15) is 17.1 Å². The first kappa shape index (κ1) is 29.7. The van der Waals surface area contributed by atoms with Crippen LogP contribution in [0.4, 0.5) is 0 Å². The van der Waals surface area contributed by atoms with Gasteiger partial charge in [0, 0.05) is 6.42 Å². The fourth-order valence-corrected chi connectivity index (χ4v) is 3.89. The molecule has 5 heteroatoms. The van der Waals surface area contributed by atoms with E-state index in [1.54, 1.807) is 6.07 Å². The molecular weight excluding hydrogens is 428 g/mol. The summed E-state index contributed by atoms with van der Waals surface area (Å²) in [6.45, 7) is 4.52. The first-order chi connectivity index (χ1) is 16.6. The Morgan fingerprint density at radius 3 is 1.91 bits per heavy atom. The number of hydrogen-bond donors (Lipinski definition) is 1. The molecule has 5 nitrogen and oxygen atoms in total. The Hall–Kier alpha value is -2.30. The lowest BCUT2D eigenvalue weighted by molar-refractivity contribution is -0.134. The highest BCUT2D eigenvalue weighted by Gasteiger charge is 2.16. The number of benzene rings is 1. The molecule has 1 N–H and O–H groups in total. The summed E-state index contributed by atoms with van der Waals surface area (Å²) in [5.74, 6) is -1.01. The zero-order chi connectivity index (χ0) is 24.9. The molecule has 0 radical (unpaired) electrons. The van der Waals surface area contributed by atoms with Gasteiger partial charge in [0.2, 0.25) is 0 Å². The smallest absolute Gasteiger partial charge is 0.339 e. The van der Waals surface area contributed by atoms with Gasteiger partial charge in [-0.25, -0.2) is 4.79 Å². The SMILES string of the molecule is CCCCCCCC/C=C/CCCCCCCCCC(=O)Oc1ccc(OCC)cc1C(=O)O. The topological polar surface area (TPSA) is 72.8 Å². The average Bonchev–Trinajstić information content (AvgIpc) is 2.82. The van der Waals surface area contributed by atoms with Crippen molar-refractivity contribution in [3.63, 3.8) is 0 Å². The van der Waals surface area contributed by atoms with E-state index in [9.17, 15) is 14.7 Å². The number of carbonyl (C=O) groups is 2. The second-order valence-corrected chi connectivity index (χ2v) is 8.91. The maximum absolute atomic E-state index is 12.1. The van der Waals surface area contributed by atoms with Crippen molar-refractivity contribution in [2.75, 3.05) is 6.61 Å². The second kappa shape index (κ2) is 20.1. The summed E-state index contributed by atoms with van der Waals surface area (Å²) in [6, 6.07) is 4.49. The third-order valence-electron chi connectivity index (χ3n) is 5.86. The van der Waals surface area contributed by atoms with E-state index in [-0.39, 0.29) is 17.3 Å². The van der Waals surface area contributed by atoms with Gasteiger partial charge in [-0.15, -0.1) is 0 Å². The summed E-state index contributed by atoms with van der Waals surface area (Å²) in [5, 5.41) is 9.35. The molecule has 34 heavy (non-hydrogen) atoms. The fraction of sp³-hybridized carbons (Fsp3) is 0.655. The third-order valence-corrected chi connectivity index (χ3v) is 5.86. The van der Waals surface area contributed by atoms with Gasteiger partial charge in [0.25, 0.3) is 0 Å². The van der Waals surface area contributed by atoms with Gasteiger partial charge >= 0.3 is 11.9 Å². The molecule has 0 fully saturated rings. The summed E-state index contributed by atoms with van der Waals surface area (Å²) in [4.78, 5) is 23.5. The molecule has 0 aromatic heterocycles. The van der Waals surface area contributed by atoms with Crippen molar-refractivity contribution < 1.29 is 24.2 Å². The van der Waals surface area contributed by atoms with E-state index < -0.39 is 5.97 Å². The van der Waals surface area contributed by atoms with Crippen molar-refractivity contribution in [1.82, 2.24) is 0 Å². The standard InChI is InChI=1S/C29H46O5/c1-3-5-6-7-8-9-10-11-12-13-14-15-16-17-18-19-20-21-28(30)34-27-23-22-25(33-4-2)24-26(27)29(31)32/h11-12,22-24H,3-10,13-21H2,1-2H3,(H,31,32)/b12-11+. The minimum absolute atomic E-state index is 0.0587. The predicted molar refractivity (Wildman–Crippen MR) is 139 cm³/mol. The molecule has 0 spiro atoms. The van der Waals surface area contributed by atoms with Crippen LogP contribution in [0.5, 0.6) is 11.5 Å². The number of carboxylic acid groups (broad SMARTS) is 1. The normalized spacial score (nSPS) is 11.1. The average molecular weight is 475 g/mol. The van der Waals surface area contributed by atoms with Gasteiger partial charge in [-0.3, -0.25) is 4.79 Å². The van der Waals surface area contributed by atoms with Crippen LogP contribution >= 0.6 is 0 Å². The summed E-state index contributed by atoms with van der Waals surface area (Å²) >= 11 is 0. The molecule has 0 unspecified atom stereocenters. The highest BCUT2D eigenvalue weighted by atomic mass is 16.5. The molecule has 1 aromatic carbocycles. The van der Waals surface area contributed by atoms with E-state index in [1.165, 1.54) is 89.2 Å². The maximum atomic E-state index is 12.1. The molecule has 0 heterocycles. The quantitative estimate of drug-likeness (QED) is 0.0836. The van der Waals surface area contributed by atoms with Crippen LogP contribution in [-0.2, 0) is 4.79 Å². The van der Waals surface area contributed by atoms with Gasteiger partial charge in [-0.1, -0.05) is 83.3 Å². The van der Waals surface area contributed by atoms with E-state index in [2.05, 4.69) is 19.1 Å². The van der Waals surface area contributed by atoms with Crippen LogP contribution in [0.3, 0.4) is 0 Å². The lowest BCUT2D eigenvalue weighted by Gasteiger charge is -2.10. The monoisotopic (exact) mass is 474 g/mol. The van der Waals surface area contributed by atoms with E-state index >= 15 is 0 Å². The van der Waals surface area contributed by atoms with Crippen molar-refractivity contribution in [3.05, 3.63) is 35.9 Å². The minimum Gasteiger partial charge on any atom is -0.494 e. The van der Waals surface area contributed by atoms with Crippen LogP contribution in [0.1, 0.15) is 127 Å². The third kappa shape index (κ3) is 14.8. The molecule has 0 atom stereocenters. The first-order valence-corrected chi connectivity index (χ1v) is 13.4. The fourth-order valence-electron chi connectivity index (χ4n) is 3.89. The molecule has 1 aromatic rings. The van der Waals surface area contributed by atoms with Crippen LogP contribution < -0.4 is 9.47 Å². The highest BCUT2D eigenvalue weighted by molar-refractivity contribution is 5.92. The number of unbranched alkanes of at least 4 members (excludes halogenated alkanes) is 13. The summed E-state index contributed by atoms with van der Waals surface area (Å²) < 4.78 is 10.6. The Morgan fingerprint density at radius 1 is 0.794 bits per heavy atom. The molecule has 0 amide bonds. The largest absolute Gasteiger partial charge is 0.494 e. The van der Waals surface area contributed by atoms with Crippen LogP contribution in [-0.4, -0.2) is 23.7 Å². The molecular formula is C29H46O5. The molecule has 0 aliphatic carbocycles. The Kier molecular flexibility index (Phi) is 17.6. The Morgan fingerprint density at radius 2 is 1.35 bits per heavy atom. The molecule has 0 saturated heterocycles. The number of esters is 1. The van der Waals surface area contributed by atoms with Gasteiger partial charge in [-0.05, 0) is 57.2 Å². The van der Waals surface area contributed by atoms with Gasteiger partial charge in [0.15, 0.2) is 0 Å². The summed E-state index contributed by atoms with van der Waals surface area (Å²) in [7, 11) is 0. The number of allylic oxidation sites excluding steroid dienone is 2. The zero-order valence-corrected chi connectivity index (χ0v) is 21.5. The first-order valence-electron chi connectivity index (χ1n) is 13.4. The predicted octanol–water partition coefficient (Wildman–Crippen LogP) is 8.51. The highest BCUT2D eigenvalue weighted by Crippen LogP contribution is 2.25. The number of carbonyl (C=O) groups excluding carboxylic acids is 1. The van der Waals surface area contributed by atoms with Gasteiger partial charge in [0.05, 0.1) is 6.61 Å². The zero-order valence-electron chi connectivity index (χ0n) is 21.5. The molecule has 0 aliphatic heterocycles. The van der Waals surface area contributed by atoms with Gasteiger partial charge in [-0.2, -0.15) is 0 Å². The van der Waals surface area contributed by atoms with Crippen molar-refractivity contribution in [1.29, 1.82) is 0 Å². The molecule has 0 aliphatic rings. The number of carboxylic acids is 1. The molecule has 0 bridgehead atoms. The van der Waals surface area contributed by atoms with E-state index in [1.807, 2.05) is 6.92 Å². The van der Waals surface area contributed by atoms with E-state index in [4.69, 9.17) is 9.47 Å². The van der Waals surface area contributed by atoms with Crippen LogP contribution in [0.2, 0.25) is 0 Å². The van der Waals surface area contributed by atoms with Gasteiger partial charge < -0.3 is 14.6 Å². The number of rotatable bonds is 21. The number of hydrogen-bond acceptors (Lipinski definition) is 4. The molecule has 0 saturated carbocycles. The summed E-state index contributed by atoms with van der Waals surface area (Å²) in [6.07, 6.45) is 23.4. The van der Waals surface area contributed by atoms with E-state index in [0.717, 1.165) is 19.3 Å². The lowest BCUT2D eigenvalue weighted by Crippen LogP contribution is -2.11. The molecule has 1 rings (SSSR count). The van der Waals surface area contributed by atoms with Crippen molar-refractivity contribution in [2.24, 2.45) is 0 Å². The minimum atomic E-state index is -1.14. The lowest BCUT2D eigenvalue weighted by atomic mass is 10.1. The van der Waals surface area contributed by atoms with Crippen LogP contribution in [0.25, 0.3) is 0 Å². The Labute approximate surface area is 206 Å². The van der Waals surface area contributed by atoms with Crippen molar-refractivity contribution in [2.45, 2.75) is 117 Å².